The van der Waals surface area contributed by atoms with Crippen LogP contribution in [0.5, 0.6) is 0 Å². The monoisotopic (exact) mass is 571 g/mol. The van der Waals surface area contributed by atoms with Crippen LogP contribution in [0.1, 0.15) is 50.4 Å². The number of hydrogen-bond donors (Lipinski definition) is 3. The lowest BCUT2D eigenvalue weighted by molar-refractivity contribution is -0.139. The van der Waals surface area contributed by atoms with Gasteiger partial charge in [-0.1, -0.05) is 30.3 Å². The van der Waals surface area contributed by atoms with Crippen molar-refractivity contribution in [3.05, 3.63) is 54.1 Å². The molecule has 3 N–H and O–H groups in total. The molecule has 2 aromatic carbocycles. The van der Waals surface area contributed by atoms with Crippen LogP contribution in [0.25, 0.3) is 11.1 Å². The molecule has 0 radical (unpaired) electrons. The molecule has 3 rings (SSSR count). The maximum absolute atomic E-state index is 13.3. The fraction of sp³-hybridized carbons (Fsp3) is 0.448. The summed E-state index contributed by atoms with van der Waals surface area (Å²) in [4.78, 5) is 53.0. The van der Waals surface area contributed by atoms with E-state index in [1.54, 1.807) is 57.2 Å². The van der Waals surface area contributed by atoms with Crippen LogP contribution in [0, 0.1) is 0 Å². The number of carbonyl (C=O) groups is 4. The van der Waals surface area contributed by atoms with E-state index in [9.17, 15) is 29.4 Å². The summed E-state index contributed by atoms with van der Waals surface area (Å²) in [6, 6.07) is 12.1. The summed E-state index contributed by atoms with van der Waals surface area (Å²) in [6.07, 6.45) is 1.60. The lowest BCUT2D eigenvalue weighted by atomic mass is 9.96. The maximum atomic E-state index is 13.3. The van der Waals surface area contributed by atoms with E-state index in [4.69, 9.17) is 4.74 Å². The number of nitrogens with zero attached hydrogens (tertiary/aromatic N) is 2. The van der Waals surface area contributed by atoms with Crippen molar-refractivity contribution in [2.75, 3.05) is 30.0 Å². The molecule has 1 aliphatic rings. The van der Waals surface area contributed by atoms with E-state index in [1.807, 2.05) is 12.3 Å². The Bertz CT molecular complexity index is 1220. The number of hydrogen-bond acceptors (Lipinski definition) is 6. The Morgan fingerprint density at radius 2 is 1.82 bits per heavy atom. The molecule has 1 heterocycles. The van der Waals surface area contributed by atoms with E-state index in [0.717, 1.165) is 0 Å². The summed E-state index contributed by atoms with van der Waals surface area (Å²) in [5.41, 5.74) is 1.04. The molecule has 0 saturated carbocycles. The number of piperidine rings is 1. The topological polar surface area (TPSA) is 136 Å². The highest BCUT2D eigenvalue weighted by Crippen LogP contribution is 2.32. The van der Waals surface area contributed by atoms with Crippen LogP contribution in [-0.4, -0.2) is 82.0 Å². The molecule has 1 aliphatic heterocycles. The van der Waals surface area contributed by atoms with Gasteiger partial charge in [-0.15, -0.1) is 0 Å². The van der Waals surface area contributed by atoms with Crippen molar-refractivity contribution in [2.45, 2.75) is 57.7 Å². The molecule has 2 atom stereocenters. The average Bonchev–Trinajstić information content (AvgIpc) is 2.90. The zero-order valence-electron chi connectivity index (χ0n) is 23.3. The number of carboxylic acids is 1. The van der Waals surface area contributed by atoms with Gasteiger partial charge in [-0.3, -0.25) is 9.69 Å². The quantitative estimate of drug-likeness (QED) is 0.375. The Morgan fingerprint density at radius 3 is 2.42 bits per heavy atom. The van der Waals surface area contributed by atoms with E-state index < -0.39 is 41.7 Å². The minimum Gasteiger partial charge on any atom is -0.480 e. The second kappa shape index (κ2) is 13.6. The molecular weight excluding hydrogens is 534 g/mol. The van der Waals surface area contributed by atoms with Gasteiger partial charge in [0.1, 0.15) is 11.6 Å². The Balaban J connectivity index is 1.96. The third-order valence-electron chi connectivity index (χ3n) is 6.44. The number of carboxylic acid groups (broad SMARTS) is 2. The molecule has 40 heavy (non-hydrogen) atoms. The van der Waals surface area contributed by atoms with Crippen molar-refractivity contribution in [2.24, 2.45) is 0 Å². The molecule has 0 bridgehead atoms. The predicted octanol–water partition coefficient (Wildman–Crippen LogP) is 5.17. The minimum atomic E-state index is -1.18. The fourth-order valence-electron chi connectivity index (χ4n) is 4.60. The third-order valence-corrected chi connectivity index (χ3v) is 7.09. The van der Waals surface area contributed by atoms with E-state index in [-0.39, 0.29) is 18.5 Å². The van der Waals surface area contributed by atoms with Crippen molar-refractivity contribution >= 4 is 41.5 Å². The van der Waals surface area contributed by atoms with Gasteiger partial charge in [0.2, 0.25) is 0 Å². The SMILES string of the molecule is CSCCC(NC(=O)c1ccc(N(C(=O)O)C2CCCN(C(=O)OC(C)(C)C)C2)cc1-c1ccccc1)C(=O)O. The normalized spacial score (nSPS) is 16.1. The van der Waals surface area contributed by atoms with Crippen molar-refractivity contribution in [3.63, 3.8) is 0 Å². The lowest BCUT2D eigenvalue weighted by Gasteiger charge is -2.38. The highest BCUT2D eigenvalue weighted by molar-refractivity contribution is 7.98. The first-order valence-corrected chi connectivity index (χ1v) is 14.5. The standard InChI is InChI=1S/C29H37N3O7S/c1-29(2,3)39-28(38)31-15-8-11-21(18-31)32(27(36)37)20-12-13-22(23(17-20)19-9-6-5-7-10-19)25(33)30-24(26(34)35)14-16-40-4/h5-7,9-10,12-13,17,21,24H,8,11,14-16,18H2,1-4H3,(H,30,33)(H,34,35)(H,36,37). The number of amides is 3. The lowest BCUT2D eigenvalue weighted by Crippen LogP contribution is -2.52. The van der Waals surface area contributed by atoms with Gasteiger partial charge in [-0.25, -0.2) is 14.4 Å². The predicted molar refractivity (Wildman–Crippen MR) is 155 cm³/mol. The van der Waals surface area contributed by atoms with Crippen LogP contribution in [0.15, 0.2) is 48.5 Å². The summed E-state index contributed by atoms with van der Waals surface area (Å²) in [5, 5.41) is 22.4. The van der Waals surface area contributed by atoms with Gasteiger partial charge in [0.15, 0.2) is 0 Å². The van der Waals surface area contributed by atoms with Crippen LogP contribution < -0.4 is 10.2 Å². The average molecular weight is 572 g/mol. The molecule has 11 heteroatoms. The third kappa shape index (κ3) is 8.14. The molecule has 1 saturated heterocycles. The fourth-order valence-corrected chi connectivity index (χ4v) is 5.07. The maximum Gasteiger partial charge on any atom is 0.412 e. The zero-order valence-corrected chi connectivity index (χ0v) is 24.1. The summed E-state index contributed by atoms with van der Waals surface area (Å²) in [5.74, 6) is -1.12. The molecule has 1 fully saturated rings. The van der Waals surface area contributed by atoms with Crippen LogP contribution in [0.4, 0.5) is 15.3 Å². The highest BCUT2D eigenvalue weighted by Gasteiger charge is 2.34. The first-order chi connectivity index (χ1) is 18.9. The van der Waals surface area contributed by atoms with Crippen molar-refractivity contribution in [3.8, 4) is 11.1 Å². The molecule has 10 nitrogen and oxygen atoms in total. The van der Waals surface area contributed by atoms with E-state index in [0.29, 0.717) is 42.0 Å². The van der Waals surface area contributed by atoms with Gasteiger partial charge in [0.25, 0.3) is 5.91 Å². The molecule has 0 aliphatic carbocycles. The molecule has 2 aromatic rings. The molecule has 0 spiro atoms. The minimum absolute atomic E-state index is 0.167. The number of carbonyl (C=O) groups excluding carboxylic acids is 2. The number of nitrogens with one attached hydrogen (secondary N) is 1. The van der Waals surface area contributed by atoms with Gasteiger partial charge < -0.3 is 25.2 Å². The van der Waals surface area contributed by atoms with E-state index >= 15 is 0 Å². The number of benzene rings is 2. The van der Waals surface area contributed by atoms with Gasteiger partial charge in [-0.2, -0.15) is 11.8 Å². The highest BCUT2D eigenvalue weighted by atomic mass is 32.2. The number of ether oxygens (including phenoxy) is 1. The number of likely N-dealkylation sites (tertiary alicyclic amines) is 1. The second-order valence-corrected chi connectivity index (χ2v) is 11.6. The summed E-state index contributed by atoms with van der Waals surface area (Å²) < 4.78 is 5.50. The number of rotatable bonds is 9. The Morgan fingerprint density at radius 1 is 1.12 bits per heavy atom. The first kappa shape index (κ1) is 30.8. The van der Waals surface area contributed by atoms with Gasteiger partial charge in [0, 0.05) is 24.3 Å². The van der Waals surface area contributed by atoms with Crippen LogP contribution >= 0.6 is 11.8 Å². The van der Waals surface area contributed by atoms with Crippen molar-refractivity contribution in [1.82, 2.24) is 10.2 Å². The number of thioether (sulfide) groups is 1. The second-order valence-electron chi connectivity index (χ2n) is 10.6. The summed E-state index contributed by atoms with van der Waals surface area (Å²) >= 11 is 1.49. The molecule has 2 unspecified atom stereocenters. The smallest absolute Gasteiger partial charge is 0.412 e. The Hall–Kier alpha value is -3.73. The van der Waals surface area contributed by atoms with Crippen LogP contribution in [0.2, 0.25) is 0 Å². The largest absolute Gasteiger partial charge is 0.480 e. The number of aliphatic carboxylic acids is 1. The van der Waals surface area contributed by atoms with E-state index in [1.165, 1.54) is 27.6 Å². The van der Waals surface area contributed by atoms with Crippen LogP contribution in [0.3, 0.4) is 0 Å². The molecule has 0 aromatic heterocycles. The first-order valence-electron chi connectivity index (χ1n) is 13.1. The van der Waals surface area contributed by atoms with Gasteiger partial charge in [-0.05, 0) is 81.4 Å². The molecular formula is C29H37N3O7S. The zero-order chi connectivity index (χ0) is 29.4. The Kier molecular flexibility index (Phi) is 10.4. The number of anilines is 1. The van der Waals surface area contributed by atoms with Crippen molar-refractivity contribution in [1.29, 1.82) is 0 Å². The van der Waals surface area contributed by atoms with Gasteiger partial charge in [0.05, 0.1) is 6.04 Å². The summed E-state index contributed by atoms with van der Waals surface area (Å²) in [7, 11) is 0. The summed E-state index contributed by atoms with van der Waals surface area (Å²) in [6.45, 7) is 5.97. The molecule has 216 valence electrons. The van der Waals surface area contributed by atoms with Crippen LogP contribution in [-0.2, 0) is 9.53 Å². The van der Waals surface area contributed by atoms with Gasteiger partial charge >= 0.3 is 18.2 Å². The molecule has 3 amide bonds. The van der Waals surface area contributed by atoms with E-state index in [2.05, 4.69) is 5.32 Å². The Labute approximate surface area is 238 Å². The van der Waals surface area contributed by atoms with Crippen molar-refractivity contribution < 1.29 is 34.1 Å².